The van der Waals surface area contributed by atoms with Crippen LogP contribution in [0.25, 0.3) is 0 Å². The minimum absolute atomic E-state index is 0.0120. The molecule has 0 aliphatic heterocycles. The van der Waals surface area contributed by atoms with Crippen molar-refractivity contribution in [3.8, 4) is 11.8 Å². The largest absolute Gasteiger partial charge is 0.489 e. The number of ether oxygens (including phenoxy) is 1. The summed E-state index contributed by atoms with van der Waals surface area (Å²) in [6.07, 6.45) is 0. The molecule has 0 N–H and O–H groups in total. The molecule has 0 aromatic heterocycles. The van der Waals surface area contributed by atoms with Crippen molar-refractivity contribution in [3.05, 3.63) is 63.9 Å². The molecule has 0 atom stereocenters. The van der Waals surface area contributed by atoms with E-state index in [2.05, 4.69) is 15.9 Å². The third kappa shape index (κ3) is 3.30. The van der Waals surface area contributed by atoms with Gasteiger partial charge in [-0.15, -0.1) is 0 Å². The first kappa shape index (κ1) is 14.8. The zero-order chi connectivity index (χ0) is 14.5. The van der Waals surface area contributed by atoms with Crippen molar-refractivity contribution in [1.82, 2.24) is 0 Å². The van der Waals surface area contributed by atoms with E-state index < -0.39 is 5.82 Å². The minimum Gasteiger partial charge on any atom is -0.489 e. The fraction of sp³-hybridized carbons (Fsp3) is 0.133. The van der Waals surface area contributed by atoms with Crippen LogP contribution in [0.15, 0.2) is 36.4 Å². The Morgan fingerprint density at radius 2 is 2.10 bits per heavy atom. The second-order valence-electron chi connectivity index (χ2n) is 4.06. The number of hydrogen-bond donors (Lipinski definition) is 0. The molecule has 20 heavy (non-hydrogen) atoms. The summed E-state index contributed by atoms with van der Waals surface area (Å²) in [7, 11) is 0. The molecule has 0 bridgehead atoms. The molecule has 0 unspecified atom stereocenters. The molecule has 0 fully saturated rings. The highest BCUT2D eigenvalue weighted by molar-refractivity contribution is 9.08. The quantitative estimate of drug-likeness (QED) is 0.737. The van der Waals surface area contributed by atoms with Crippen LogP contribution in [-0.4, -0.2) is 0 Å². The highest BCUT2D eigenvalue weighted by Crippen LogP contribution is 2.29. The Morgan fingerprint density at radius 3 is 2.80 bits per heavy atom. The van der Waals surface area contributed by atoms with Crippen molar-refractivity contribution in [2.24, 2.45) is 0 Å². The van der Waals surface area contributed by atoms with Crippen molar-refractivity contribution in [2.75, 3.05) is 0 Å². The lowest BCUT2D eigenvalue weighted by molar-refractivity contribution is 0.304. The number of alkyl halides is 1. The molecule has 2 aromatic carbocycles. The van der Waals surface area contributed by atoms with E-state index in [1.807, 2.05) is 6.07 Å². The molecular formula is C15H10BrClFNO. The first-order valence-electron chi connectivity index (χ1n) is 5.80. The highest BCUT2D eigenvalue weighted by atomic mass is 79.9. The van der Waals surface area contributed by atoms with E-state index >= 15 is 0 Å². The van der Waals surface area contributed by atoms with Crippen molar-refractivity contribution in [1.29, 1.82) is 5.26 Å². The monoisotopic (exact) mass is 353 g/mol. The van der Waals surface area contributed by atoms with Crippen LogP contribution in [0, 0.1) is 17.1 Å². The summed E-state index contributed by atoms with van der Waals surface area (Å²) in [5.74, 6) is 0.136. The lowest BCUT2D eigenvalue weighted by Gasteiger charge is -2.11. The molecule has 0 amide bonds. The Hall–Kier alpha value is -1.57. The second kappa shape index (κ2) is 6.74. The van der Waals surface area contributed by atoms with Crippen LogP contribution in [0.5, 0.6) is 5.75 Å². The van der Waals surface area contributed by atoms with Gasteiger partial charge in [-0.05, 0) is 29.8 Å². The fourth-order valence-corrected chi connectivity index (χ4v) is 2.69. The van der Waals surface area contributed by atoms with Gasteiger partial charge >= 0.3 is 0 Å². The van der Waals surface area contributed by atoms with Crippen molar-refractivity contribution in [2.45, 2.75) is 11.9 Å². The third-order valence-electron chi connectivity index (χ3n) is 2.76. The van der Waals surface area contributed by atoms with Gasteiger partial charge in [0.2, 0.25) is 0 Å². The lowest BCUT2D eigenvalue weighted by atomic mass is 10.1. The maximum absolute atomic E-state index is 13.2. The molecule has 2 rings (SSSR count). The molecule has 2 nitrogen and oxygen atoms in total. The molecule has 0 radical (unpaired) electrons. The van der Waals surface area contributed by atoms with Crippen molar-refractivity contribution in [3.63, 3.8) is 0 Å². The zero-order valence-electron chi connectivity index (χ0n) is 10.4. The topological polar surface area (TPSA) is 33.0 Å². The van der Waals surface area contributed by atoms with E-state index in [9.17, 15) is 4.39 Å². The first-order chi connectivity index (χ1) is 9.65. The Bertz CT molecular complexity index is 669. The van der Waals surface area contributed by atoms with Crippen LogP contribution in [0.3, 0.4) is 0 Å². The molecular weight excluding hydrogens is 345 g/mol. The van der Waals surface area contributed by atoms with Gasteiger partial charge in [0.25, 0.3) is 0 Å². The third-order valence-corrected chi connectivity index (χ3v) is 3.67. The van der Waals surface area contributed by atoms with Crippen LogP contribution in [0.4, 0.5) is 4.39 Å². The van der Waals surface area contributed by atoms with Crippen LogP contribution < -0.4 is 4.74 Å². The zero-order valence-corrected chi connectivity index (χ0v) is 12.7. The predicted octanol–water partition coefficient (Wildman–Crippen LogP) is 4.82. The average molecular weight is 355 g/mol. The number of benzene rings is 2. The Labute approximate surface area is 129 Å². The van der Waals surface area contributed by atoms with Gasteiger partial charge in [-0.3, -0.25) is 0 Å². The van der Waals surface area contributed by atoms with Gasteiger partial charge in [0.15, 0.2) is 0 Å². The van der Waals surface area contributed by atoms with Gasteiger partial charge in [-0.1, -0.05) is 39.7 Å². The van der Waals surface area contributed by atoms with E-state index in [-0.39, 0.29) is 12.2 Å². The summed E-state index contributed by atoms with van der Waals surface area (Å²) in [6, 6.07) is 11.5. The molecule has 0 saturated heterocycles. The van der Waals surface area contributed by atoms with E-state index in [0.29, 0.717) is 16.1 Å². The number of nitriles is 1. The summed E-state index contributed by atoms with van der Waals surface area (Å²) in [5.41, 5.74) is 1.60. The van der Waals surface area contributed by atoms with Gasteiger partial charge in [-0.2, -0.15) is 5.26 Å². The maximum atomic E-state index is 13.2. The normalized spacial score (nSPS) is 10.1. The second-order valence-corrected chi connectivity index (χ2v) is 5.03. The number of nitrogens with zero attached hydrogens (tertiary/aromatic N) is 1. The van der Waals surface area contributed by atoms with E-state index in [1.165, 1.54) is 12.1 Å². The summed E-state index contributed by atoms with van der Waals surface area (Å²) < 4.78 is 18.9. The summed E-state index contributed by atoms with van der Waals surface area (Å²) in [5, 5.41) is 9.99. The molecule has 0 saturated carbocycles. The Balaban J connectivity index is 2.17. The molecule has 0 heterocycles. The van der Waals surface area contributed by atoms with E-state index in [4.69, 9.17) is 21.6 Å². The Kier molecular flexibility index (Phi) is 4.99. The van der Waals surface area contributed by atoms with E-state index in [1.54, 1.807) is 24.3 Å². The van der Waals surface area contributed by atoms with E-state index in [0.717, 1.165) is 11.1 Å². The van der Waals surface area contributed by atoms with Crippen LogP contribution in [0.2, 0.25) is 5.02 Å². The standard InChI is InChI=1S/C15H10BrClFNO/c16-7-12-13(17)2-1-3-15(12)20-9-10-4-5-14(18)11(6-10)8-19/h1-6H,7,9H2. The number of rotatable bonds is 4. The fourth-order valence-electron chi connectivity index (χ4n) is 1.71. The van der Waals surface area contributed by atoms with Gasteiger partial charge in [-0.25, -0.2) is 4.39 Å². The first-order valence-corrected chi connectivity index (χ1v) is 7.30. The van der Waals surface area contributed by atoms with Gasteiger partial charge in [0.05, 0.1) is 5.56 Å². The van der Waals surface area contributed by atoms with Crippen LogP contribution in [-0.2, 0) is 11.9 Å². The number of hydrogen-bond acceptors (Lipinski definition) is 2. The highest BCUT2D eigenvalue weighted by Gasteiger charge is 2.08. The van der Waals surface area contributed by atoms with Gasteiger partial charge in [0, 0.05) is 15.9 Å². The summed E-state index contributed by atoms with van der Waals surface area (Å²) in [6.45, 7) is 0.245. The molecule has 0 spiro atoms. The molecule has 2 aromatic rings. The molecule has 102 valence electrons. The van der Waals surface area contributed by atoms with Crippen LogP contribution >= 0.6 is 27.5 Å². The van der Waals surface area contributed by atoms with Gasteiger partial charge in [0.1, 0.15) is 24.2 Å². The Morgan fingerprint density at radius 1 is 1.30 bits per heavy atom. The number of halogens is 3. The summed E-state index contributed by atoms with van der Waals surface area (Å²) in [4.78, 5) is 0. The molecule has 0 aliphatic carbocycles. The minimum atomic E-state index is -0.528. The van der Waals surface area contributed by atoms with Gasteiger partial charge < -0.3 is 4.74 Å². The van der Waals surface area contributed by atoms with Crippen LogP contribution in [0.1, 0.15) is 16.7 Å². The molecule has 5 heteroatoms. The smallest absolute Gasteiger partial charge is 0.140 e. The molecule has 0 aliphatic rings. The average Bonchev–Trinajstić information content (AvgIpc) is 2.46. The lowest BCUT2D eigenvalue weighted by Crippen LogP contribution is -1.99. The summed E-state index contributed by atoms with van der Waals surface area (Å²) >= 11 is 9.44. The SMILES string of the molecule is N#Cc1cc(COc2cccc(Cl)c2CBr)ccc1F. The van der Waals surface area contributed by atoms with Crippen molar-refractivity contribution < 1.29 is 9.13 Å². The predicted molar refractivity (Wildman–Crippen MR) is 79.5 cm³/mol. The van der Waals surface area contributed by atoms with Crippen molar-refractivity contribution >= 4 is 27.5 Å². The maximum Gasteiger partial charge on any atom is 0.140 e.